The summed E-state index contributed by atoms with van der Waals surface area (Å²) in [4.78, 5) is 13.0. The summed E-state index contributed by atoms with van der Waals surface area (Å²) in [6.45, 7) is 4.66. The quantitative estimate of drug-likeness (QED) is 0.707. The molecule has 0 aromatic heterocycles. The predicted octanol–water partition coefficient (Wildman–Crippen LogP) is 1.58. The van der Waals surface area contributed by atoms with Crippen LogP contribution in [0.1, 0.15) is 33.1 Å². The van der Waals surface area contributed by atoms with Crippen LogP contribution in [0.25, 0.3) is 0 Å². The van der Waals surface area contributed by atoms with E-state index < -0.39 is 11.5 Å². The lowest BCUT2D eigenvalue weighted by atomic mass is 9.97. The summed E-state index contributed by atoms with van der Waals surface area (Å²) in [7, 11) is 1.91. The van der Waals surface area contributed by atoms with Gasteiger partial charge in [-0.2, -0.15) is 0 Å². The Labute approximate surface area is 79.7 Å². The van der Waals surface area contributed by atoms with Gasteiger partial charge in [-0.05, 0) is 39.2 Å². The van der Waals surface area contributed by atoms with E-state index >= 15 is 0 Å². The second-order valence-corrected chi connectivity index (χ2v) is 4.26. The van der Waals surface area contributed by atoms with Crippen LogP contribution >= 0.6 is 0 Å². The van der Waals surface area contributed by atoms with Crippen LogP contribution in [0, 0.1) is 5.92 Å². The molecule has 1 aliphatic rings. The van der Waals surface area contributed by atoms with Gasteiger partial charge in [0.2, 0.25) is 0 Å². The highest BCUT2D eigenvalue weighted by Gasteiger charge is 2.38. The van der Waals surface area contributed by atoms with Gasteiger partial charge in [0.05, 0.1) is 0 Å². The van der Waals surface area contributed by atoms with Gasteiger partial charge >= 0.3 is 5.97 Å². The number of carboxylic acid groups (broad SMARTS) is 1. The molecule has 0 aromatic carbocycles. The van der Waals surface area contributed by atoms with E-state index in [2.05, 4.69) is 0 Å². The number of hydrogen-bond acceptors (Lipinski definition) is 2. The average Bonchev–Trinajstić information content (AvgIpc) is 2.86. The van der Waals surface area contributed by atoms with Crippen molar-refractivity contribution in [1.82, 2.24) is 4.90 Å². The summed E-state index contributed by atoms with van der Waals surface area (Å²) in [5, 5.41) is 9.09. The molecule has 3 nitrogen and oxygen atoms in total. The molecule has 0 amide bonds. The second-order valence-electron chi connectivity index (χ2n) is 4.26. The van der Waals surface area contributed by atoms with Crippen molar-refractivity contribution >= 4 is 5.97 Å². The van der Waals surface area contributed by atoms with Gasteiger partial charge in [-0.1, -0.05) is 6.92 Å². The van der Waals surface area contributed by atoms with E-state index in [4.69, 9.17) is 5.11 Å². The van der Waals surface area contributed by atoms with E-state index in [1.54, 1.807) is 6.92 Å². The average molecular weight is 185 g/mol. The Morgan fingerprint density at radius 1 is 1.62 bits per heavy atom. The molecular weight excluding hydrogens is 166 g/mol. The number of carbonyl (C=O) groups is 1. The van der Waals surface area contributed by atoms with Gasteiger partial charge in [-0.15, -0.1) is 0 Å². The third-order valence-electron chi connectivity index (χ3n) is 3.22. The Kier molecular flexibility index (Phi) is 2.96. The van der Waals surface area contributed by atoms with Gasteiger partial charge in [0.25, 0.3) is 0 Å². The molecule has 1 N–H and O–H groups in total. The van der Waals surface area contributed by atoms with Crippen molar-refractivity contribution in [2.24, 2.45) is 5.92 Å². The first kappa shape index (κ1) is 10.5. The van der Waals surface area contributed by atoms with Gasteiger partial charge in [0.15, 0.2) is 0 Å². The zero-order valence-electron chi connectivity index (χ0n) is 8.71. The van der Waals surface area contributed by atoms with Gasteiger partial charge in [0, 0.05) is 6.54 Å². The van der Waals surface area contributed by atoms with Gasteiger partial charge in [0.1, 0.15) is 5.54 Å². The largest absolute Gasteiger partial charge is 0.480 e. The lowest BCUT2D eigenvalue weighted by Gasteiger charge is -2.34. The summed E-state index contributed by atoms with van der Waals surface area (Å²) in [5.74, 6) is 0.0355. The first-order valence-electron chi connectivity index (χ1n) is 4.95. The molecule has 0 aromatic rings. The molecule has 13 heavy (non-hydrogen) atoms. The number of hydrogen-bond donors (Lipinski definition) is 1. The molecule has 0 heterocycles. The summed E-state index contributed by atoms with van der Waals surface area (Å²) >= 11 is 0. The molecule has 1 saturated carbocycles. The second kappa shape index (κ2) is 3.66. The number of rotatable bonds is 5. The molecular formula is C10H19NO2. The molecule has 0 aliphatic heterocycles. The highest BCUT2D eigenvalue weighted by molar-refractivity contribution is 5.78. The molecule has 0 saturated heterocycles. The lowest BCUT2D eigenvalue weighted by molar-refractivity contribution is -0.150. The van der Waals surface area contributed by atoms with E-state index in [-0.39, 0.29) is 0 Å². The fourth-order valence-electron chi connectivity index (χ4n) is 1.47. The Hall–Kier alpha value is -0.570. The number of nitrogens with zero attached hydrogens (tertiary/aromatic N) is 1. The summed E-state index contributed by atoms with van der Waals surface area (Å²) < 4.78 is 0. The maximum absolute atomic E-state index is 11.1. The normalized spacial score (nSPS) is 21.5. The van der Waals surface area contributed by atoms with E-state index in [0.29, 0.717) is 6.42 Å². The molecule has 76 valence electrons. The lowest BCUT2D eigenvalue weighted by Crippen LogP contribution is -2.50. The van der Waals surface area contributed by atoms with Crippen molar-refractivity contribution in [3.63, 3.8) is 0 Å². The number of aliphatic carboxylic acids is 1. The van der Waals surface area contributed by atoms with E-state index in [9.17, 15) is 4.79 Å². The van der Waals surface area contributed by atoms with Crippen molar-refractivity contribution in [3.05, 3.63) is 0 Å². The van der Waals surface area contributed by atoms with Crippen molar-refractivity contribution in [2.75, 3.05) is 13.6 Å². The first-order chi connectivity index (χ1) is 6.00. The minimum atomic E-state index is -0.710. The summed E-state index contributed by atoms with van der Waals surface area (Å²) in [6, 6.07) is 0. The highest BCUT2D eigenvalue weighted by Crippen LogP contribution is 2.32. The Bertz CT molecular complexity index is 201. The van der Waals surface area contributed by atoms with Crippen molar-refractivity contribution in [3.8, 4) is 0 Å². The highest BCUT2D eigenvalue weighted by atomic mass is 16.4. The van der Waals surface area contributed by atoms with Crippen LogP contribution in [-0.2, 0) is 4.79 Å². The third-order valence-corrected chi connectivity index (χ3v) is 3.22. The smallest absolute Gasteiger partial charge is 0.323 e. The molecule has 0 spiro atoms. The van der Waals surface area contributed by atoms with Crippen molar-refractivity contribution < 1.29 is 9.90 Å². The maximum atomic E-state index is 11.1. The minimum absolute atomic E-state index is 0.658. The monoisotopic (exact) mass is 185 g/mol. The topological polar surface area (TPSA) is 40.5 Å². The Morgan fingerprint density at radius 2 is 2.15 bits per heavy atom. The van der Waals surface area contributed by atoms with Crippen LogP contribution in [0.15, 0.2) is 0 Å². The van der Waals surface area contributed by atoms with E-state index in [1.165, 1.54) is 12.8 Å². The zero-order valence-corrected chi connectivity index (χ0v) is 8.71. The van der Waals surface area contributed by atoms with Gasteiger partial charge in [-0.3, -0.25) is 9.69 Å². The fraction of sp³-hybridized carbons (Fsp3) is 0.900. The standard InChI is InChI=1S/C10H19NO2/c1-4-10(2,9(12)13)11(3)7-8-5-6-8/h8H,4-7H2,1-3H3,(H,12,13). The van der Waals surface area contributed by atoms with Crippen LogP contribution in [0.2, 0.25) is 0 Å². The van der Waals surface area contributed by atoms with E-state index in [0.717, 1.165) is 12.5 Å². The van der Waals surface area contributed by atoms with Crippen LogP contribution in [0.3, 0.4) is 0 Å². The molecule has 1 unspecified atom stereocenters. The van der Waals surface area contributed by atoms with E-state index in [1.807, 2.05) is 18.9 Å². The summed E-state index contributed by atoms with van der Waals surface area (Å²) in [6.07, 6.45) is 3.19. The predicted molar refractivity (Wildman–Crippen MR) is 51.7 cm³/mol. The number of carboxylic acids is 1. The van der Waals surface area contributed by atoms with Gasteiger partial charge in [-0.25, -0.2) is 0 Å². The van der Waals surface area contributed by atoms with Crippen LogP contribution < -0.4 is 0 Å². The van der Waals surface area contributed by atoms with Crippen molar-refractivity contribution in [1.29, 1.82) is 0 Å². The van der Waals surface area contributed by atoms with Gasteiger partial charge < -0.3 is 5.11 Å². The molecule has 0 bridgehead atoms. The molecule has 1 fully saturated rings. The molecule has 3 heteroatoms. The molecule has 1 aliphatic carbocycles. The first-order valence-corrected chi connectivity index (χ1v) is 4.95. The van der Waals surface area contributed by atoms with Crippen LogP contribution in [0.5, 0.6) is 0 Å². The molecule has 0 radical (unpaired) electrons. The maximum Gasteiger partial charge on any atom is 0.323 e. The SMILES string of the molecule is CCC(C)(C(=O)O)N(C)CC1CC1. The number of likely N-dealkylation sites (N-methyl/N-ethyl adjacent to an activating group) is 1. The molecule has 1 atom stereocenters. The third kappa shape index (κ3) is 2.21. The van der Waals surface area contributed by atoms with Crippen LogP contribution in [0.4, 0.5) is 0 Å². The summed E-state index contributed by atoms with van der Waals surface area (Å²) in [5.41, 5.74) is -0.678. The Balaban J connectivity index is 2.56. The molecule has 1 rings (SSSR count). The zero-order chi connectivity index (χ0) is 10.1. The minimum Gasteiger partial charge on any atom is -0.480 e. The fourth-order valence-corrected chi connectivity index (χ4v) is 1.47. The Morgan fingerprint density at radius 3 is 2.46 bits per heavy atom. The van der Waals surface area contributed by atoms with Crippen molar-refractivity contribution in [2.45, 2.75) is 38.6 Å². The van der Waals surface area contributed by atoms with Crippen LogP contribution in [-0.4, -0.2) is 35.1 Å².